The molecule has 0 fully saturated rings. The SMILES string of the molecule is CCCCCCCCCCCCCC/C=C/CC/C=C/C(O)C(CO)NC(=O)CCCCCCC. The monoisotopic (exact) mass is 493 g/mol. The van der Waals surface area contributed by atoms with Gasteiger partial charge in [-0.3, -0.25) is 4.79 Å². The molecule has 0 rings (SSSR count). The fourth-order valence-corrected chi connectivity index (χ4v) is 4.31. The molecule has 206 valence electrons. The molecule has 2 atom stereocenters. The van der Waals surface area contributed by atoms with Crippen molar-refractivity contribution in [1.29, 1.82) is 0 Å². The van der Waals surface area contributed by atoms with Gasteiger partial charge >= 0.3 is 0 Å². The third-order valence-corrected chi connectivity index (χ3v) is 6.69. The standard InChI is InChI=1S/C31H59NO3/c1-3-5-7-9-10-11-12-13-14-15-16-17-18-19-20-21-23-24-26-30(34)29(28-33)32-31(35)27-25-22-8-6-4-2/h19-20,24,26,29-30,33-34H,3-18,21-23,25,27-28H2,1-2H3,(H,32,35)/b20-19+,26-24+. The number of carbonyl (C=O) groups is 1. The smallest absolute Gasteiger partial charge is 0.220 e. The molecule has 0 aromatic rings. The van der Waals surface area contributed by atoms with Crippen LogP contribution in [0.25, 0.3) is 0 Å². The predicted molar refractivity (Wildman–Crippen MR) is 152 cm³/mol. The first kappa shape index (κ1) is 33.9. The van der Waals surface area contributed by atoms with E-state index in [1.165, 1.54) is 89.9 Å². The largest absolute Gasteiger partial charge is 0.394 e. The van der Waals surface area contributed by atoms with Gasteiger partial charge in [0.25, 0.3) is 0 Å². The molecule has 0 aromatic carbocycles. The number of nitrogens with one attached hydrogen (secondary N) is 1. The average molecular weight is 494 g/mol. The molecule has 0 spiro atoms. The zero-order valence-electron chi connectivity index (χ0n) is 23.3. The van der Waals surface area contributed by atoms with E-state index < -0.39 is 12.1 Å². The summed E-state index contributed by atoms with van der Waals surface area (Å²) >= 11 is 0. The normalized spacial score (nSPS) is 13.6. The van der Waals surface area contributed by atoms with E-state index in [1.54, 1.807) is 6.08 Å². The van der Waals surface area contributed by atoms with Crippen LogP contribution in [-0.2, 0) is 4.79 Å². The van der Waals surface area contributed by atoms with Crippen LogP contribution in [0, 0.1) is 0 Å². The summed E-state index contributed by atoms with van der Waals surface area (Å²) in [6, 6.07) is -0.629. The zero-order valence-corrected chi connectivity index (χ0v) is 23.3. The van der Waals surface area contributed by atoms with Crippen molar-refractivity contribution < 1.29 is 15.0 Å². The first-order valence-corrected chi connectivity index (χ1v) is 15.1. The molecular weight excluding hydrogens is 434 g/mol. The summed E-state index contributed by atoms with van der Waals surface area (Å²) in [5, 5.41) is 22.5. The number of rotatable bonds is 26. The summed E-state index contributed by atoms with van der Waals surface area (Å²) < 4.78 is 0. The molecule has 0 saturated heterocycles. The molecule has 0 aliphatic heterocycles. The van der Waals surface area contributed by atoms with Gasteiger partial charge in [0.2, 0.25) is 5.91 Å². The molecule has 3 N–H and O–H groups in total. The van der Waals surface area contributed by atoms with Crippen LogP contribution in [-0.4, -0.2) is 34.9 Å². The van der Waals surface area contributed by atoms with Crippen LogP contribution in [0.5, 0.6) is 0 Å². The van der Waals surface area contributed by atoms with E-state index in [9.17, 15) is 15.0 Å². The molecule has 1 amide bonds. The number of unbranched alkanes of at least 4 members (excludes halogenated alkanes) is 17. The van der Waals surface area contributed by atoms with Gasteiger partial charge in [-0.15, -0.1) is 0 Å². The maximum atomic E-state index is 12.0. The summed E-state index contributed by atoms with van der Waals surface area (Å²) in [5.41, 5.74) is 0. The minimum absolute atomic E-state index is 0.0891. The van der Waals surface area contributed by atoms with Gasteiger partial charge in [-0.1, -0.05) is 134 Å². The topological polar surface area (TPSA) is 69.6 Å². The predicted octanol–water partition coefficient (Wildman–Crippen LogP) is 8.17. The molecule has 0 bridgehead atoms. The van der Waals surface area contributed by atoms with Gasteiger partial charge in [-0.2, -0.15) is 0 Å². The van der Waals surface area contributed by atoms with Gasteiger partial charge in [-0.25, -0.2) is 0 Å². The van der Waals surface area contributed by atoms with Crippen molar-refractivity contribution in [2.45, 2.75) is 161 Å². The summed E-state index contributed by atoms with van der Waals surface area (Å²) in [5.74, 6) is -0.0891. The Morgan fingerprint density at radius 2 is 1.11 bits per heavy atom. The summed E-state index contributed by atoms with van der Waals surface area (Å²) in [4.78, 5) is 12.0. The Hall–Kier alpha value is -1.13. The van der Waals surface area contributed by atoms with Gasteiger partial charge in [0.1, 0.15) is 0 Å². The van der Waals surface area contributed by atoms with Gasteiger partial charge in [0.05, 0.1) is 18.8 Å². The molecule has 0 aliphatic rings. The number of hydrogen-bond donors (Lipinski definition) is 3. The fraction of sp³-hybridized carbons (Fsp3) is 0.839. The van der Waals surface area contributed by atoms with E-state index in [-0.39, 0.29) is 12.5 Å². The van der Waals surface area contributed by atoms with E-state index in [0.717, 1.165) is 38.5 Å². The van der Waals surface area contributed by atoms with E-state index in [1.807, 2.05) is 6.08 Å². The third-order valence-electron chi connectivity index (χ3n) is 6.69. The minimum Gasteiger partial charge on any atom is -0.394 e. The number of aliphatic hydroxyl groups is 2. The van der Waals surface area contributed by atoms with Gasteiger partial charge in [0, 0.05) is 6.42 Å². The highest BCUT2D eigenvalue weighted by molar-refractivity contribution is 5.76. The number of aliphatic hydroxyl groups excluding tert-OH is 2. The second-order valence-electron chi connectivity index (χ2n) is 10.2. The van der Waals surface area contributed by atoms with Gasteiger partial charge in [-0.05, 0) is 32.1 Å². The molecule has 0 aromatic heterocycles. The van der Waals surface area contributed by atoms with Crippen molar-refractivity contribution in [2.24, 2.45) is 0 Å². The summed E-state index contributed by atoms with van der Waals surface area (Å²) in [6.07, 6.45) is 32.8. The minimum atomic E-state index is -0.853. The first-order valence-electron chi connectivity index (χ1n) is 15.1. The Morgan fingerprint density at radius 1 is 0.657 bits per heavy atom. The molecular formula is C31H59NO3. The van der Waals surface area contributed by atoms with E-state index >= 15 is 0 Å². The van der Waals surface area contributed by atoms with Crippen LogP contribution in [0.3, 0.4) is 0 Å². The Balaban J connectivity index is 3.65. The lowest BCUT2D eigenvalue weighted by Crippen LogP contribution is -2.45. The second kappa shape index (κ2) is 27.5. The van der Waals surface area contributed by atoms with Crippen molar-refractivity contribution in [2.75, 3.05) is 6.61 Å². The Labute approximate surface area is 218 Å². The van der Waals surface area contributed by atoms with Crippen molar-refractivity contribution in [3.05, 3.63) is 24.3 Å². The maximum Gasteiger partial charge on any atom is 0.220 e. The van der Waals surface area contributed by atoms with Crippen molar-refractivity contribution in [3.8, 4) is 0 Å². The van der Waals surface area contributed by atoms with Crippen LogP contribution in [0.1, 0.15) is 149 Å². The zero-order chi connectivity index (χ0) is 25.8. The molecule has 4 nitrogen and oxygen atoms in total. The van der Waals surface area contributed by atoms with Gasteiger partial charge < -0.3 is 15.5 Å². The lowest BCUT2D eigenvalue weighted by Gasteiger charge is -2.19. The van der Waals surface area contributed by atoms with Crippen LogP contribution < -0.4 is 5.32 Å². The first-order chi connectivity index (χ1) is 17.2. The van der Waals surface area contributed by atoms with Crippen molar-refractivity contribution >= 4 is 5.91 Å². The van der Waals surface area contributed by atoms with E-state index in [0.29, 0.717) is 6.42 Å². The highest BCUT2D eigenvalue weighted by Crippen LogP contribution is 2.13. The van der Waals surface area contributed by atoms with Gasteiger partial charge in [0.15, 0.2) is 0 Å². The Bertz CT molecular complexity index is 503. The maximum absolute atomic E-state index is 12.0. The highest BCUT2D eigenvalue weighted by Gasteiger charge is 2.17. The average Bonchev–Trinajstić information content (AvgIpc) is 2.86. The van der Waals surface area contributed by atoms with Crippen LogP contribution in [0.2, 0.25) is 0 Å². The third kappa shape index (κ3) is 24.3. The van der Waals surface area contributed by atoms with E-state index in [2.05, 4.69) is 31.3 Å². The summed E-state index contributed by atoms with van der Waals surface area (Å²) in [6.45, 7) is 4.19. The van der Waals surface area contributed by atoms with Crippen molar-refractivity contribution in [1.82, 2.24) is 5.32 Å². The van der Waals surface area contributed by atoms with Crippen LogP contribution in [0.15, 0.2) is 24.3 Å². The number of allylic oxidation sites excluding steroid dienone is 3. The summed E-state index contributed by atoms with van der Waals surface area (Å²) in [7, 11) is 0. The molecule has 0 heterocycles. The van der Waals surface area contributed by atoms with Crippen molar-refractivity contribution in [3.63, 3.8) is 0 Å². The molecule has 0 aliphatic carbocycles. The molecule has 2 unspecified atom stereocenters. The molecule has 4 heteroatoms. The Kier molecular flexibility index (Phi) is 26.6. The number of carbonyl (C=O) groups excluding carboxylic acids is 1. The Morgan fingerprint density at radius 3 is 1.66 bits per heavy atom. The fourth-order valence-electron chi connectivity index (χ4n) is 4.31. The van der Waals surface area contributed by atoms with E-state index in [4.69, 9.17) is 0 Å². The highest BCUT2D eigenvalue weighted by atomic mass is 16.3. The number of hydrogen-bond acceptors (Lipinski definition) is 3. The lowest BCUT2D eigenvalue weighted by molar-refractivity contribution is -0.123. The van der Waals surface area contributed by atoms with Crippen LogP contribution >= 0.6 is 0 Å². The molecule has 0 radical (unpaired) electrons. The quantitative estimate of drug-likeness (QED) is 0.0840. The molecule has 0 saturated carbocycles. The lowest BCUT2D eigenvalue weighted by atomic mass is 10.0. The van der Waals surface area contributed by atoms with Crippen LogP contribution in [0.4, 0.5) is 0 Å². The second-order valence-corrected chi connectivity index (χ2v) is 10.2. The molecule has 35 heavy (non-hydrogen) atoms. The number of amides is 1.